The highest BCUT2D eigenvalue weighted by Gasteiger charge is 2.21. The van der Waals surface area contributed by atoms with E-state index in [9.17, 15) is 8.78 Å². The molecule has 3 nitrogen and oxygen atoms in total. The fourth-order valence-electron chi connectivity index (χ4n) is 1.80. The third-order valence-corrected chi connectivity index (χ3v) is 2.74. The first-order valence-corrected chi connectivity index (χ1v) is 6.24. The number of nitrogens with one attached hydrogen (secondary N) is 1. The van der Waals surface area contributed by atoms with Gasteiger partial charge in [0.15, 0.2) is 0 Å². The van der Waals surface area contributed by atoms with Crippen LogP contribution in [0.15, 0.2) is 18.2 Å². The topological polar surface area (TPSA) is 45.0 Å². The van der Waals surface area contributed by atoms with E-state index in [0.717, 1.165) is 18.2 Å². The van der Waals surface area contributed by atoms with E-state index in [-0.39, 0.29) is 5.75 Å². The van der Waals surface area contributed by atoms with Gasteiger partial charge in [0.1, 0.15) is 22.9 Å². The molecule has 1 aromatic carbocycles. The molecule has 0 aliphatic heterocycles. The number of hydrogen-bond acceptors (Lipinski definition) is 3. The molecule has 0 amide bonds. The molecule has 19 heavy (non-hydrogen) atoms. The standard InChI is InChI=1S/C14H18F2N2O/c1-3-18-14(2,10-17)5-4-6-19-13-8-11(15)7-12(16)9-13/h7-9,18H,3-6H2,1-2H3. The molecule has 0 bridgehead atoms. The maximum Gasteiger partial charge on any atom is 0.129 e. The Balaban J connectivity index is 2.40. The Morgan fingerprint density at radius 1 is 1.32 bits per heavy atom. The van der Waals surface area contributed by atoms with Gasteiger partial charge in [0.2, 0.25) is 0 Å². The molecular formula is C14H18F2N2O. The van der Waals surface area contributed by atoms with E-state index in [1.54, 1.807) is 0 Å². The van der Waals surface area contributed by atoms with Gasteiger partial charge in [0, 0.05) is 18.2 Å². The summed E-state index contributed by atoms with van der Waals surface area (Å²) < 4.78 is 31.1. The van der Waals surface area contributed by atoms with Gasteiger partial charge in [0.05, 0.1) is 12.7 Å². The van der Waals surface area contributed by atoms with Crippen LogP contribution in [0, 0.1) is 23.0 Å². The Morgan fingerprint density at radius 2 is 1.95 bits per heavy atom. The molecule has 0 saturated carbocycles. The van der Waals surface area contributed by atoms with Gasteiger partial charge in [0.25, 0.3) is 0 Å². The van der Waals surface area contributed by atoms with Gasteiger partial charge in [-0.05, 0) is 26.3 Å². The zero-order chi connectivity index (χ0) is 14.3. The number of rotatable bonds is 7. The third-order valence-electron chi connectivity index (χ3n) is 2.74. The maximum absolute atomic E-state index is 12.9. The predicted molar refractivity (Wildman–Crippen MR) is 68.8 cm³/mol. The molecule has 1 aromatic rings. The van der Waals surface area contributed by atoms with E-state index < -0.39 is 17.2 Å². The fourth-order valence-corrected chi connectivity index (χ4v) is 1.80. The molecule has 0 aliphatic carbocycles. The summed E-state index contributed by atoms with van der Waals surface area (Å²) in [6.07, 6.45) is 1.23. The van der Waals surface area contributed by atoms with Gasteiger partial charge in [-0.15, -0.1) is 0 Å². The van der Waals surface area contributed by atoms with Crippen molar-refractivity contribution < 1.29 is 13.5 Å². The Kier molecular flexibility index (Phi) is 5.71. The lowest BCUT2D eigenvalue weighted by molar-refractivity contribution is 0.284. The van der Waals surface area contributed by atoms with Gasteiger partial charge in [-0.2, -0.15) is 5.26 Å². The first-order chi connectivity index (χ1) is 8.99. The van der Waals surface area contributed by atoms with Crippen molar-refractivity contribution in [3.05, 3.63) is 29.8 Å². The Morgan fingerprint density at radius 3 is 2.47 bits per heavy atom. The lowest BCUT2D eigenvalue weighted by atomic mass is 9.98. The molecule has 104 valence electrons. The van der Waals surface area contributed by atoms with E-state index in [4.69, 9.17) is 10.00 Å². The molecule has 1 atom stereocenters. The molecule has 1 rings (SSSR count). The summed E-state index contributed by atoms with van der Waals surface area (Å²) in [5, 5.41) is 12.1. The number of hydrogen-bond donors (Lipinski definition) is 1. The minimum absolute atomic E-state index is 0.166. The Bertz CT molecular complexity index is 439. The average molecular weight is 268 g/mol. The summed E-state index contributed by atoms with van der Waals surface area (Å²) in [6.45, 7) is 4.77. The smallest absolute Gasteiger partial charge is 0.129 e. The normalized spacial score (nSPS) is 13.6. The van der Waals surface area contributed by atoms with Crippen LogP contribution in [0.3, 0.4) is 0 Å². The largest absolute Gasteiger partial charge is 0.493 e. The molecule has 0 saturated heterocycles. The zero-order valence-electron chi connectivity index (χ0n) is 11.2. The molecule has 0 heterocycles. The quantitative estimate of drug-likeness (QED) is 0.773. The number of benzene rings is 1. The van der Waals surface area contributed by atoms with Crippen molar-refractivity contribution in [2.24, 2.45) is 0 Å². The number of halogens is 2. The predicted octanol–water partition coefficient (Wildman–Crippen LogP) is 3.02. The SMILES string of the molecule is CCNC(C)(C#N)CCCOc1cc(F)cc(F)c1. The van der Waals surface area contributed by atoms with Crippen LogP contribution in [-0.2, 0) is 0 Å². The summed E-state index contributed by atoms with van der Waals surface area (Å²) in [4.78, 5) is 0. The molecule has 0 spiro atoms. The lowest BCUT2D eigenvalue weighted by Gasteiger charge is -2.22. The number of nitriles is 1. The summed E-state index contributed by atoms with van der Waals surface area (Å²) in [7, 11) is 0. The number of ether oxygens (including phenoxy) is 1. The monoisotopic (exact) mass is 268 g/mol. The summed E-state index contributed by atoms with van der Waals surface area (Å²) in [5.74, 6) is -1.16. The minimum atomic E-state index is -0.662. The van der Waals surface area contributed by atoms with Crippen molar-refractivity contribution in [1.29, 1.82) is 5.26 Å². The van der Waals surface area contributed by atoms with Crippen molar-refractivity contribution in [2.75, 3.05) is 13.2 Å². The van der Waals surface area contributed by atoms with Crippen LogP contribution in [0.5, 0.6) is 5.75 Å². The Hall–Kier alpha value is -1.67. The molecule has 1 unspecified atom stereocenters. The highest BCUT2D eigenvalue weighted by atomic mass is 19.1. The molecule has 0 aromatic heterocycles. The van der Waals surface area contributed by atoms with Gasteiger partial charge < -0.3 is 4.74 Å². The lowest BCUT2D eigenvalue weighted by Crippen LogP contribution is -2.40. The molecule has 0 fully saturated rings. The average Bonchev–Trinajstić information content (AvgIpc) is 2.34. The summed E-state index contributed by atoms with van der Waals surface area (Å²) in [5.41, 5.74) is -0.592. The summed E-state index contributed by atoms with van der Waals surface area (Å²) in [6, 6.07) is 5.28. The van der Waals surface area contributed by atoms with Crippen LogP contribution in [0.1, 0.15) is 26.7 Å². The second-order valence-electron chi connectivity index (χ2n) is 4.53. The van der Waals surface area contributed by atoms with Crippen molar-refractivity contribution in [3.63, 3.8) is 0 Å². The second kappa shape index (κ2) is 7.05. The van der Waals surface area contributed by atoms with Crippen LogP contribution in [0.4, 0.5) is 8.78 Å². The minimum Gasteiger partial charge on any atom is -0.493 e. The molecule has 0 radical (unpaired) electrons. The van der Waals surface area contributed by atoms with Crippen molar-refractivity contribution >= 4 is 0 Å². The van der Waals surface area contributed by atoms with Gasteiger partial charge >= 0.3 is 0 Å². The van der Waals surface area contributed by atoms with Crippen molar-refractivity contribution in [2.45, 2.75) is 32.2 Å². The van der Waals surface area contributed by atoms with Crippen LogP contribution < -0.4 is 10.1 Å². The van der Waals surface area contributed by atoms with E-state index >= 15 is 0 Å². The van der Waals surface area contributed by atoms with E-state index in [2.05, 4.69) is 11.4 Å². The highest BCUT2D eigenvalue weighted by molar-refractivity contribution is 5.23. The maximum atomic E-state index is 12.9. The highest BCUT2D eigenvalue weighted by Crippen LogP contribution is 2.17. The Labute approximate surface area is 112 Å². The third kappa shape index (κ3) is 5.23. The second-order valence-corrected chi connectivity index (χ2v) is 4.53. The van der Waals surface area contributed by atoms with Gasteiger partial charge in [-0.1, -0.05) is 6.92 Å². The first-order valence-electron chi connectivity index (χ1n) is 6.24. The fraction of sp³-hybridized carbons (Fsp3) is 0.500. The van der Waals surface area contributed by atoms with Crippen LogP contribution >= 0.6 is 0 Å². The van der Waals surface area contributed by atoms with Gasteiger partial charge in [-0.3, -0.25) is 5.32 Å². The summed E-state index contributed by atoms with van der Waals surface area (Å²) >= 11 is 0. The van der Waals surface area contributed by atoms with Gasteiger partial charge in [-0.25, -0.2) is 8.78 Å². The zero-order valence-corrected chi connectivity index (χ0v) is 11.2. The van der Waals surface area contributed by atoms with Crippen LogP contribution in [0.2, 0.25) is 0 Å². The van der Waals surface area contributed by atoms with Crippen molar-refractivity contribution in [1.82, 2.24) is 5.32 Å². The van der Waals surface area contributed by atoms with Crippen molar-refractivity contribution in [3.8, 4) is 11.8 Å². The van der Waals surface area contributed by atoms with Crippen LogP contribution in [-0.4, -0.2) is 18.7 Å². The molecular weight excluding hydrogens is 250 g/mol. The first kappa shape index (κ1) is 15.4. The molecule has 5 heteroatoms. The molecule has 0 aliphatic rings. The molecule has 1 N–H and O–H groups in total. The van der Waals surface area contributed by atoms with Crippen LogP contribution in [0.25, 0.3) is 0 Å². The van der Waals surface area contributed by atoms with E-state index in [0.29, 0.717) is 26.0 Å². The van der Waals surface area contributed by atoms with E-state index in [1.807, 2.05) is 13.8 Å². The van der Waals surface area contributed by atoms with E-state index in [1.165, 1.54) is 0 Å². The number of nitrogens with zero attached hydrogens (tertiary/aromatic N) is 1.